The van der Waals surface area contributed by atoms with Crippen molar-refractivity contribution in [2.24, 2.45) is 0 Å². The van der Waals surface area contributed by atoms with Gasteiger partial charge in [0.2, 0.25) is 21.8 Å². The van der Waals surface area contributed by atoms with Crippen LogP contribution in [0.3, 0.4) is 0 Å². The van der Waals surface area contributed by atoms with E-state index in [1.54, 1.807) is 30.3 Å². The van der Waals surface area contributed by atoms with Gasteiger partial charge in [-0.15, -0.1) is 0 Å². The molecule has 214 valence electrons. The Labute approximate surface area is 237 Å². The van der Waals surface area contributed by atoms with Crippen LogP contribution in [0.5, 0.6) is 0 Å². The van der Waals surface area contributed by atoms with Crippen molar-refractivity contribution >= 4 is 27.5 Å². The maximum absolute atomic E-state index is 14.8. The molecule has 0 saturated heterocycles. The fourth-order valence-corrected chi connectivity index (χ4v) is 5.40. The number of anilines is 1. The Hall–Kier alpha value is -3.72. The molecule has 9 heteroatoms. The second kappa shape index (κ2) is 14.1. The second-order valence-corrected chi connectivity index (χ2v) is 12.0. The Morgan fingerprint density at radius 1 is 0.925 bits per heavy atom. The highest BCUT2D eigenvalue weighted by Crippen LogP contribution is 2.29. The minimum absolute atomic E-state index is 0.00396. The highest BCUT2D eigenvalue weighted by atomic mass is 32.2. The van der Waals surface area contributed by atoms with E-state index in [1.165, 1.54) is 11.0 Å². The number of amides is 2. The van der Waals surface area contributed by atoms with E-state index in [1.807, 2.05) is 63.2 Å². The number of halogens is 1. The first-order valence-electron chi connectivity index (χ1n) is 13.4. The number of rotatable bonds is 13. The van der Waals surface area contributed by atoms with Gasteiger partial charge in [0.25, 0.3) is 0 Å². The topological polar surface area (TPSA) is 86.8 Å². The largest absolute Gasteiger partial charge is 0.354 e. The number of hydrogen-bond donors (Lipinski definition) is 1. The molecule has 0 radical (unpaired) electrons. The molecule has 1 N–H and O–H groups in total. The second-order valence-electron chi connectivity index (χ2n) is 10.1. The third-order valence-electron chi connectivity index (χ3n) is 6.63. The van der Waals surface area contributed by atoms with Gasteiger partial charge in [-0.2, -0.15) is 0 Å². The van der Waals surface area contributed by atoms with Crippen LogP contribution in [0.15, 0.2) is 78.9 Å². The van der Waals surface area contributed by atoms with E-state index >= 15 is 0 Å². The molecule has 3 aromatic carbocycles. The summed E-state index contributed by atoms with van der Waals surface area (Å²) in [6, 6.07) is 21.3. The fourth-order valence-electron chi connectivity index (χ4n) is 4.53. The number of nitrogens with one attached hydrogen (secondary N) is 1. The first-order valence-corrected chi connectivity index (χ1v) is 15.3. The average molecular weight is 568 g/mol. The van der Waals surface area contributed by atoms with Gasteiger partial charge < -0.3 is 10.2 Å². The van der Waals surface area contributed by atoms with Crippen LogP contribution in [0, 0.1) is 5.82 Å². The molecule has 40 heavy (non-hydrogen) atoms. The summed E-state index contributed by atoms with van der Waals surface area (Å²) in [6.07, 6.45) is 1.92. The Bertz CT molecular complexity index is 1400. The van der Waals surface area contributed by atoms with Crippen LogP contribution in [0.25, 0.3) is 0 Å². The predicted molar refractivity (Wildman–Crippen MR) is 157 cm³/mol. The molecular weight excluding hydrogens is 529 g/mol. The van der Waals surface area contributed by atoms with E-state index in [0.717, 1.165) is 21.7 Å². The summed E-state index contributed by atoms with van der Waals surface area (Å²) in [5.74, 6) is -1.52. The molecule has 0 aliphatic heterocycles. The fraction of sp³-hybridized carbons (Fsp3) is 0.355. The first kappa shape index (κ1) is 30.8. The molecule has 3 aromatic rings. The molecule has 0 bridgehead atoms. The molecule has 1 atom stereocenters. The van der Waals surface area contributed by atoms with E-state index in [-0.39, 0.29) is 30.4 Å². The van der Waals surface area contributed by atoms with Crippen LogP contribution in [0.1, 0.15) is 49.8 Å². The third kappa shape index (κ3) is 8.14. The minimum atomic E-state index is -3.89. The zero-order chi connectivity index (χ0) is 29.3. The van der Waals surface area contributed by atoms with E-state index in [4.69, 9.17) is 0 Å². The molecule has 2 amide bonds. The van der Waals surface area contributed by atoms with Gasteiger partial charge in [0.1, 0.15) is 18.4 Å². The lowest BCUT2D eigenvalue weighted by molar-refractivity contribution is -0.140. The molecule has 0 unspecified atom stereocenters. The smallest absolute Gasteiger partial charge is 0.244 e. The van der Waals surface area contributed by atoms with Gasteiger partial charge in [-0.1, -0.05) is 87.5 Å². The molecular formula is C31H38FN3O4S. The van der Waals surface area contributed by atoms with E-state index in [9.17, 15) is 22.4 Å². The number of benzene rings is 3. The lowest BCUT2D eigenvalue weighted by Gasteiger charge is -2.34. The van der Waals surface area contributed by atoms with Crippen LogP contribution in [-0.4, -0.2) is 50.5 Å². The number of hydrogen-bond acceptors (Lipinski definition) is 4. The zero-order valence-corrected chi connectivity index (χ0v) is 24.3. The SMILES string of the molecule is CCCNC(=O)[C@@H](Cc1ccccc1)N(Cc1ccccc1F)C(=O)CN(c1ccccc1C(C)C)S(C)(=O)=O. The molecule has 3 rings (SSSR count). The van der Waals surface area contributed by atoms with Gasteiger partial charge in [0, 0.05) is 25.1 Å². The van der Waals surface area contributed by atoms with Crippen molar-refractivity contribution in [2.45, 2.75) is 52.1 Å². The predicted octanol–water partition coefficient (Wildman–Crippen LogP) is 4.88. The van der Waals surface area contributed by atoms with Crippen LogP contribution < -0.4 is 9.62 Å². The van der Waals surface area contributed by atoms with Gasteiger partial charge in [-0.3, -0.25) is 13.9 Å². The Morgan fingerprint density at radius 3 is 2.17 bits per heavy atom. The Morgan fingerprint density at radius 2 is 1.55 bits per heavy atom. The van der Waals surface area contributed by atoms with Gasteiger partial charge in [-0.05, 0) is 35.6 Å². The molecule has 7 nitrogen and oxygen atoms in total. The summed E-state index contributed by atoms with van der Waals surface area (Å²) in [7, 11) is -3.89. The summed E-state index contributed by atoms with van der Waals surface area (Å²) < 4.78 is 42.0. The van der Waals surface area contributed by atoms with Crippen LogP contribution in [-0.2, 0) is 32.6 Å². The van der Waals surface area contributed by atoms with Gasteiger partial charge in [0.15, 0.2) is 0 Å². The highest BCUT2D eigenvalue weighted by Gasteiger charge is 2.34. The zero-order valence-electron chi connectivity index (χ0n) is 23.5. The number of nitrogens with zero attached hydrogens (tertiary/aromatic N) is 2. The van der Waals surface area contributed by atoms with Crippen molar-refractivity contribution in [1.82, 2.24) is 10.2 Å². The first-order chi connectivity index (χ1) is 19.0. The quantitative estimate of drug-likeness (QED) is 0.319. The lowest BCUT2D eigenvalue weighted by Crippen LogP contribution is -2.53. The van der Waals surface area contributed by atoms with Crippen molar-refractivity contribution in [3.63, 3.8) is 0 Å². The Balaban J connectivity index is 2.09. The maximum Gasteiger partial charge on any atom is 0.244 e. The van der Waals surface area contributed by atoms with Crippen molar-refractivity contribution in [1.29, 1.82) is 0 Å². The van der Waals surface area contributed by atoms with Gasteiger partial charge in [-0.25, -0.2) is 12.8 Å². The molecule has 0 aromatic heterocycles. The van der Waals surface area contributed by atoms with Crippen molar-refractivity contribution < 1.29 is 22.4 Å². The Kier molecular flexibility index (Phi) is 10.8. The third-order valence-corrected chi connectivity index (χ3v) is 7.75. The van der Waals surface area contributed by atoms with Gasteiger partial charge in [0.05, 0.1) is 11.9 Å². The molecule has 0 spiro atoms. The number of carbonyl (C=O) groups excluding carboxylic acids is 2. The van der Waals surface area contributed by atoms with Crippen molar-refractivity contribution in [3.8, 4) is 0 Å². The monoisotopic (exact) mass is 567 g/mol. The summed E-state index contributed by atoms with van der Waals surface area (Å²) in [6.45, 7) is 5.47. The summed E-state index contributed by atoms with van der Waals surface area (Å²) in [4.78, 5) is 28.9. The standard InChI is InChI=1S/C31H38FN3O4S/c1-5-19-33-31(37)29(20-24-13-7-6-8-14-24)34(21-25-15-9-11-17-27(25)32)30(36)22-35(40(4,38)39)28-18-12-10-16-26(28)23(2)3/h6-18,23,29H,5,19-22H2,1-4H3,(H,33,37)/t29-/m1/s1. The molecule has 0 saturated carbocycles. The van der Waals surface area contributed by atoms with Crippen LogP contribution >= 0.6 is 0 Å². The molecule has 0 aliphatic rings. The minimum Gasteiger partial charge on any atom is -0.354 e. The van der Waals surface area contributed by atoms with Crippen molar-refractivity contribution in [2.75, 3.05) is 23.7 Å². The highest BCUT2D eigenvalue weighted by molar-refractivity contribution is 7.92. The normalized spacial score (nSPS) is 12.2. The van der Waals surface area contributed by atoms with E-state index < -0.39 is 34.3 Å². The maximum atomic E-state index is 14.8. The molecule has 0 heterocycles. The molecule has 0 aliphatic carbocycles. The van der Waals surface area contributed by atoms with Crippen molar-refractivity contribution in [3.05, 3.63) is 101 Å². The summed E-state index contributed by atoms with van der Waals surface area (Å²) in [5.41, 5.74) is 2.21. The average Bonchev–Trinajstić information content (AvgIpc) is 2.93. The van der Waals surface area contributed by atoms with E-state index in [2.05, 4.69) is 5.32 Å². The van der Waals surface area contributed by atoms with Crippen LogP contribution in [0.4, 0.5) is 10.1 Å². The lowest BCUT2D eigenvalue weighted by atomic mass is 10.0. The number of carbonyl (C=O) groups is 2. The summed E-state index contributed by atoms with van der Waals surface area (Å²) in [5, 5.41) is 2.87. The van der Waals surface area contributed by atoms with Gasteiger partial charge >= 0.3 is 0 Å². The van der Waals surface area contributed by atoms with E-state index in [0.29, 0.717) is 18.7 Å². The van der Waals surface area contributed by atoms with Crippen LogP contribution in [0.2, 0.25) is 0 Å². The summed E-state index contributed by atoms with van der Waals surface area (Å²) >= 11 is 0. The molecule has 0 fully saturated rings. The number of para-hydroxylation sites is 1. The number of sulfonamides is 1.